The van der Waals surface area contributed by atoms with Crippen molar-refractivity contribution in [3.05, 3.63) is 96.4 Å². The second kappa shape index (κ2) is 9.68. The van der Waals surface area contributed by atoms with Crippen molar-refractivity contribution in [1.29, 1.82) is 0 Å². The van der Waals surface area contributed by atoms with Crippen LogP contribution in [0.3, 0.4) is 0 Å². The van der Waals surface area contributed by atoms with Crippen molar-refractivity contribution in [2.75, 3.05) is 16.4 Å². The molecule has 34 heavy (non-hydrogen) atoms. The van der Waals surface area contributed by atoms with Gasteiger partial charge in [0.1, 0.15) is 5.52 Å². The van der Waals surface area contributed by atoms with E-state index < -0.39 is 0 Å². The molecule has 0 aliphatic heterocycles. The van der Waals surface area contributed by atoms with E-state index in [-0.39, 0.29) is 0 Å². The van der Waals surface area contributed by atoms with Crippen LogP contribution in [0.4, 0.5) is 17.2 Å². The fourth-order valence-corrected chi connectivity index (χ4v) is 3.84. The van der Waals surface area contributed by atoms with Crippen LogP contribution in [0.15, 0.2) is 89.3 Å². The predicted molar refractivity (Wildman–Crippen MR) is 140 cm³/mol. The van der Waals surface area contributed by atoms with Gasteiger partial charge in [0.2, 0.25) is 0 Å². The molecule has 0 spiro atoms. The number of nitrogens with one attached hydrogen (secondary N) is 2. The normalized spacial score (nSPS) is 10.8. The van der Waals surface area contributed by atoms with Crippen molar-refractivity contribution in [3.63, 3.8) is 0 Å². The summed E-state index contributed by atoms with van der Waals surface area (Å²) in [7, 11) is 0. The van der Waals surface area contributed by atoms with Gasteiger partial charge in [-0.2, -0.15) is 0 Å². The minimum atomic E-state index is 0.437. The maximum absolute atomic E-state index is 5.85. The number of nitrogen functional groups attached to an aromatic ring is 1. The SMILES string of the molecule is Nc1ccc2nc(CCc3ccccc3NC(=S)Nc3ccc(-c4ccccc4)nn3)oc2c1. The molecule has 0 aliphatic rings. The van der Waals surface area contributed by atoms with Gasteiger partial charge in [-0.25, -0.2) is 4.98 Å². The first-order valence-electron chi connectivity index (χ1n) is 10.8. The molecule has 0 aliphatic carbocycles. The lowest BCUT2D eigenvalue weighted by molar-refractivity contribution is 0.528. The number of para-hydroxylation sites is 1. The smallest absolute Gasteiger partial charge is 0.195 e. The highest BCUT2D eigenvalue weighted by atomic mass is 32.1. The molecular weight excluding hydrogens is 444 g/mol. The molecule has 2 heterocycles. The zero-order valence-corrected chi connectivity index (χ0v) is 19.0. The lowest BCUT2D eigenvalue weighted by Gasteiger charge is -2.13. The van der Waals surface area contributed by atoms with E-state index in [1.165, 1.54) is 0 Å². The number of rotatable bonds is 6. The molecule has 0 bridgehead atoms. The molecule has 0 atom stereocenters. The van der Waals surface area contributed by atoms with Crippen LogP contribution in [0, 0.1) is 0 Å². The highest BCUT2D eigenvalue weighted by molar-refractivity contribution is 7.80. The zero-order chi connectivity index (χ0) is 23.3. The van der Waals surface area contributed by atoms with Crippen LogP contribution in [0.25, 0.3) is 22.4 Å². The number of thiocarbonyl (C=S) groups is 1. The number of aryl methyl sites for hydroxylation is 2. The number of nitrogens with zero attached hydrogens (tertiary/aromatic N) is 3. The molecule has 8 heteroatoms. The van der Waals surface area contributed by atoms with Crippen LogP contribution in [0.1, 0.15) is 11.5 Å². The largest absolute Gasteiger partial charge is 0.441 e. The summed E-state index contributed by atoms with van der Waals surface area (Å²) in [4.78, 5) is 4.55. The third-order valence-corrected chi connectivity index (χ3v) is 5.51. The number of oxazole rings is 1. The molecule has 4 N–H and O–H groups in total. The fourth-order valence-electron chi connectivity index (χ4n) is 3.63. The Hall–Kier alpha value is -4.30. The summed E-state index contributed by atoms with van der Waals surface area (Å²) in [5, 5.41) is 15.3. The molecule has 2 aromatic heterocycles. The summed E-state index contributed by atoms with van der Waals surface area (Å²) in [6, 6.07) is 27.2. The molecule has 5 rings (SSSR count). The molecule has 0 unspecified atom stereocenters. The van der Waals surface area contributed by atoms with Gasteiger partial charge in [-0.05, 0) is 54.5 Å². The van der Waals surface area contributed by atoms with Crippen LogP contribution in [-0.4, -0.2) is 20.3 Å². The first kappa shape index (κ1) is 21.5. The average Bonchev–Trinajstić information content (AvgIpc) is 3.26. The second-order valence-corrected chi connectivity index (χ2v) is 8.15. The first-order chi connectivity index (χ1) is 16.6. The Morgan fingerprint density at radius 1 is 0.853 bits per heavy atom. The number of hydrogen-bond donors (Lipinski definition) is 3. The van der Waals surface area contributed by atoms with Crippen molar-refractivity contribution in [2.24, 2.45) is 0 Å². The minimum absolute atomic E-state index is 0.437. The summed E-state index contributed by atoms with van der Waals surface area (Å²) in [5.41, 5.74) is 11.8. The number of benzene rings is 3. The minimum Gasteiger partial charge on any atom is -0.441 e. The number of anilines is 3. The van der Waals surface area contributed by atoms with E-state index in [4.69, 9.17) is 22.4 Å². The average molecular weight is 467 g/mol. The van der Waals surface area contributed by atoms with Gasteiger partial charge >= 0.3 is 0 Å². The molecule has 0 saturated carbocycles. The van der Waals surface area contributed by atoms with Gasteiger partial charge in [0, 0.05) is 29.4 Å². The zero-order valence-electron chi connectivity index (χ0n) is 18.2. The lowest BCUT2D eigenvalue weighted by Crippen LogP contribution is -2.21. The summed E-state index contributed by atoms with van der Waals surface area (Å²) >= 11 is 5.50. The van der Waals surface area contributed by atoms with Crippen molar-refractivity contribution in [3.8, 4) is 11.3 Å². The van der Waals surface area contributed by atoms with Gasteiger partial charge in [-0.1, -0.05) is 48.5 Å². The molecule has 7 nitrogen and oxygen atoms in total. The number of fused-ring (bicyclic) bond motifs is 1. The molecule has 5 aromatic rings. The lowest BCUT2D eigenvalue weighted by atomic mass is 10.1. The van der Waals surface area contributed by atoms with Crippen molar-refractivity contribution >= 4 is 45.6 Å². The summed E-state index contributed by atoms with van der Waals surface area (Å²) < 4.78 is 5.85. The van der Waals surface area contributed by atoms with Gasteiger partial charge in [-0.15, -0.1) is 10.2 Å². The van der Waals surface area contributed by atoms with Crippen LogP contribution in [0.2, 0.25) is 0 Å². The second-order valence-electron chi connectivity index (χ2n) is 7.74. The van der Waals surface area contributed by atoms with E-state index in [1.807, 2.05) is 72.8 Å². The Labute approximate surface area is 202 Å². The van der Waals surface area contributed by atoms with Gasteiger partial charge < -0.3 is 20.8 Å². The number of aromatic nitrogens is 3. The topological polar surface area (TPSA) is 102 Å². The Morgan fingerprint density at radius 3 is 2.50 bits per heavy atom. The highest BCUT2D eigenvalue weighted by Crippen LogP contribution is 2.22. The monoisotopic (exact) mass is 466 g/mol. The standard InChI is InChI=1S/C26H22N6OS/c27-19-11-12-22-23(16-19)33-25(28-22)15-10-18-8-4-5-9-20(18)29-26(34)30-24-14-13-21(31-32-24)17-6-2-1-3-7-17/h1-9,11-14,16H,10,15,27H2,(H2,29,30,32,34). The van der Waals surface area contributed by atoms with Gasteiger partial charge in [0.25, 0.3) is 0 Å². The maximum atomic E-state index is 5.85. The third kappa shape index (κ3) is 5.02. The predicted octanol–water partition coefficient (Wildman–Crippen LogP) is 5.46. The summed E-state index contributed by atoms with van der Waals surface area (Å²) in [5.74, 6) is 1.24. The maximum Gasteiger partial charge on any atom is 0.195 e. The molecular formula is C26H22N6OS. The van der Waals surface area contributed by atoms with Crippen LogP contribution >= 0.6 is 12.2 Å². The van der Waals surface area contributed by atoms with Gasteiger partial charge in [-0.3, -0.25) is 0 Å². The van der Waals surface area contributed by atoms with Crippen LogP contribution < -0.4 is 16.4 Å². The summed E-state index contributed by atoms with van der Waals surface area (Å²) in [6.45, 7) is 0. The number of hydrogen-bond acceptors (Lipinski definition) is 6. The summed E-state index contributed by atoms with van der Waals surface area (Å²) in [6.07, 6.45) is 1.39. The Balaban J connectivity index is 1.22. The Morgan fingerprint density at radius 2 is 1.68 bits per heavy atom. The van der Waals surface area contributed by atoms with Gasteiger partial charge in [0.15, 0.2) is 22.4 Å². The Bertz CT molecular complexity index is 1430. The Kier molecular flexibility index (Phi) is 6.13. The molecule has 3 aromatic carbocycles. The van der Waals surface area contributed by atoms with E-state index in [0.29, 0.717) is 34.5 Å². The van der Waals surface area contributed by atoms with E-state index in [1.54, 1.807) is 6.07 Å². The molecule has 0 fully saturated rings. The van der Waals surface area contributed by atoms with E-state index in [2.05, 4.69) is 31.9 Å². The van der Waals surface area contributed by atoms with Crippen molar-refractivity contribution in [1.82, 2.24) is 15.2 Å². The number of nitrogens with two attached hydrogens (primary N) is 1. The molecule has 0 amide bonds. The van der Waals surface area contributed by atoms with E-state index in [0.717, 1.165) is 34.4 Å². The van der Waals surface area contributed by atoms with Crippen LogP contribution in [-0.2, 0) is 12.8 Å². The molecule has 0 saturated heterocycles. The fraction of sp³-hybridized carbons (Fsp3) is 0.0769. The van der Waals surface area contributed by atoms with Crippen LogP contribution in [0.5, 0.6) is 0 Å². The van der Waals surface area contributed by atoms with E-state index >= 15 is 0 Å². The van der Waals surface area contributed by atoms with E-state index in [9.17, 15) is 0 Å². The molecule has 168 valence electrons. The third-order valence-electron chi connectivity index (χ3n) is 5.31. The first-order valence-corrected chi connectivity index (χ1v) is 11.2. The van der Waals surface area contributed by atoms with Gasteiger partial charge in [0.05, 0.1) is 5.69 Å². The highest BCUT2D eigenvalue weighted by Gasteiger charge is 2.10. The quantitative estimate of drug-likeness (QED) is 0.224. The van der Waals surface area contributed by atoms with Crippen molar-refractivity contribution in [2.45, 2.75) is 12.8 Å². The molecule has 0 radical (unpaired) electrons. The van der Waals surface area contributed by atoms with Crippen molar-refractivity contribution < 1.29 is 4.42 Å².